The molecular weight excluding hydrogens is 342 g/mol. The van der Waals surface area contributed by atoms with E-state index in [1.54, 1.807) is 0 Å². The summed E-state index contributed by atoms with van der Waals surface area (Å²) in [7, 11) is 2.05. The number of benzene rings is 3. The van der Waals surface area contributed by atoms with E-state index < -0.39 is 0 Å². The lowest BCUT2D eigenvalue weighted by Crippen LogP contribution is -1.95. The van der Waals surface area contributed by atoms with Crippen LogP contribution < -0.4 is 0 Å². The maximum Gasteiger partial charge on any atom is 0.140 e. The van der Waals surface area contributed by atoms with Crippen LogP contribution in [0.15, 0.2) is 85.1 Å². The van der Waals surface area contributed by atoms with Crippen molar-refractivity contribution >= 4 is 21.9 Å². The lowest BCUT2D eigenvalue weighted by Gasteiger charge is -2.05. The minimum atomic E-state index is 0.693. The van der Waals surface area contributed by atoms with Crippen LogP contribution in [-0.2, 0) is 7.05 Å². The normalized spacial score (nSPS) is 10.8. The Balaban J connectivity index is 1.78. The Labute approximate surface area is 163 Å². The summed E-state index contributed by atoms with van der Waals surface area (Å²) < 4.78 is 2.12. The van der Waals surface area contributed by atoms with Crippen molar-refractivity contribution in [1.82, 2.24) is 14.5 Å². The van der Waals surface area contributed by atoms with Gasteiger partial charge in [0.05, 0.1) is 11.0 Å². The van der Waals surface area contributed by atoms with E-state index in [1.807, 2.05) is 60.7 Å². The predicted molar refractivity (Wildman–Crippen MR) is 114 cm³/mol. The molecule has 2 heterocycles. The minimum absolute atomic E-state index is 0.693. The number of nitrogens with zero attached hydrogens (tertiary/aromatic N) is 3. The molecule has 3 heteroatoms. The first-order valence-electron chi connectivity index (χ1n) is 9.18. The summed E-state index contributed by atoms with van der Waals surface area (Å²) in [6, 6.07) is 26.2. The predicted octanol–water partition coefficient (Wildman–Crippen LogP) is 5.19. The second-order valence-electron chi connectivity index (χ2n) is 6.70. The third-order valence-electron chi connectivity index (χ3n) is 4.82. The van der Waals surface area contributed by atoms with Gasteiger partial charge in [0.2, 0.25) is 0 Å². The first kappa shape index (κ1) is 16.3. The zero-order chi connectivity index (χ0) is 18.9. The molecule has 3 aromatic carbocycles. The summed E-state index contributed by atoms with van der Waals surface area (Å²) in [4.78, 5) is 9.78. The topological polar surface area (TPSA) is 30.7 Å². The van der Waals surface area contributed by atoms with Crippen LogP contribution >= 0.6 is 0 Å². The van der Waals surface area contributed by atoms with Crippen molar-refractivity contribution in [3.63, 3.8) is 0 Å². The van der Waals surface area contributed by atoms with Gasteiger partial charge in [0.15, 0.2) is 0 Å². The van der Waals surface area contributed by atoms with Crippen LogP contribution in [0.5, 0.6) is 0 Å². The van der Waals surface area contributed by atoms with Gasteiger partial charge in [-0.2, -0.15) is 0 Å². The largest absolute Gasteiger partial charge is 0.350 e. The van der Waals surface area contributed by atoms with Gasteiger partial charge in [-0.05, 0) is 36.3 Å². The van der Waals surface area contributed by atoms with Crippen molar-refractivity contribution < 1.29 is 0 Å². The molecule has 0 spiro atoms. The third kappa shape index (κ3) is 2.82. The molecule has 5 aromatic rings. The monoisotopic (exact) mass is 359 g/mol. The zero-order valence-corrected chi connectivity index (χ0v) is 15.4. The molecule has 0 aliphatic carbocycles. The maximum atomic E-state index is 4.94. The Morgan fingerprint density at radius 2 is 1.39 bits per heavy atom. The fraction of sp³-hybridized carbons (Fsp3) is 0.0400. The molecular formula is C25H17N3. The van der Waals surface area contributed by atoms with Gasteiger partial charge in [-0.15, -0.1) is 0 Å². The van der Waals surface area contributed by atoms with E-state index >= 15 is 0 Å². The van der Waals surface area contributed by atoms with Crippen molar-refractivity contribution in [3.05, 3.63) is 96.3 Å². The SMILES string of the molecule is Cn1cc(-c2nc3ccccc3nc2C#Cc2ccccc2)c2ccccc21. The molecule has 0 aliphatic rings. The zero-order valence-electron chi connectivity index (χ0n) is 15.4. The molecule has 0 saturated heterocycles. The van der Waals surface area contributed by atoms with Gasteiger partial charge in [-0.3, -0.25) is 0 Å². The van der Waals surface area contributed by atoms with Gasteiger partial charge in [0.1, 0.15) is 11.4 Å². The third-order valence-corrected chi connectivity index (χ3v) is 4.82. The van der Waals surface area contributed by atoms with Crippen LogP contribution in [0.1, 0.15) is 11.3 Å². The molecule has 0 radical (unpaired) electrons. The Morgan fingerprint density at radius 1 is 0.714 bits per heavy atom. The molecule has 2 aromatic heterocycles. The van der Waals surface area contributed by atoms with Gasteiger partial charge < -0.3 is 4.57 Å². The van der Waals surface area contributed by atoms with Gasteiger partial charge in [-0.25, -0.2) is 9.97 Å². The van der Waals surface area contributed by atoms with Crippen LogP contribution in [0.2, 0.25) is 0 Å². The lowest BCUT2D eigenvalue weighted by molar-refractivity contribution is 0.969. The van der Waals surface area contributed by atoms with Crippen LogP contribution in [-0.4, -0.2) is 14.5 Å². The molecule has 5 rings (SSSR count). The summed E-state index contributed by atoms with van der Waals surface area (Å²) in [6.45, 7) is 0. The minimum Gasteiger partial charge on any atom is -0.350 e. The summed E-state index contributed by atoms with van der Waals surface area (Å²) >= 11 is 0. The second kappa shape index (κ2) is 6.68. The highest BCUT2D eigenvalue weighted by atomic mass is 14.9. The Kier molecular flexibility index (Phi) is 3.88. The first-order chi connectivity index (χ1) is 13.8. The average molecular weight is 359 g/mol. The van der Waals surface area contributed by atoms with Crippen LogP contribution in [0, 0.1) is 11.8 Å². The average Bonchev–Trinajstić information content (AvgIpc) is 3.09. The van der Waals surface area contributed by atoms with E-state index in [4.69, 9.17) is 9.97 Å². The molecule has 0 N–H and O–H groups in total. The van der Waals surface area contributed by atoms with Crippen LogP contribution in [0.25, 0.3) is 33.2 Å². The molecule has 132 valence electrons. The van der Waals surface area contributed by atoms with Crippen LogP contribution in [0.3, 0.4) is 0 Å². The standard InChI is InChI=1S/C25H17N3/c1-28-17-20(19-11-5-8-14-24(19)28)25-23(16-15-18-9-3-2-4-10-18)26-21-12-6-7-13-22(21)27-25/h2-14,17H,1H3. The second-order valence-corrected chi connectivity index (χ2v) is 6.70. The Morgan fingerprint density at radius 3 is 2.21 bits per heavy atom. The highest BCUT2D eigenvalue weighted by molar-refractivity contribution is 5.97. The van der Waals surface area contributed by atoms with E-state index in [0.29, 0.717) is 5.69 Å². The fourth-order valence-corrected chi connectivity index (χ4v) is 3.46. The van der Waals surface area contributed by atoms with E-state index in [-0.39, 0.29) is 0 Å². The molecule has 28 heavy (non-hydrogen) atoms. The van der Waals surface area contributed by atoms with Gasteiger partial charge in [0.25, 0.3) is 0 Å². The molecule has 0 saturated carbocycles. The van der Waals surface area contributed by atoms with Gasteiger partial charge in [-0.1, -0.05) is 54.5 Å². The molecule has 0 amide bonds. The highest BCUT2D eigenvalue weighted by Crippen LogP contribution is 2.31. The Hall–Kier alpha value is -3.90. The van der Waals surface area contributed by atoms with Gasteiger partial charge >= 0.3 is 0 Å². The number of fused-ring (bicyclic) bond motifs is 2. The van der Waals surface area contributed by atoms with E-state index in [1.165, 1.54) is 0 Å². The number of rotatable bonds is 1. The highest BCUT2D eigenvalue weighted by Gasteiger charge is 2.15. The quantitative estimate of drug-likeness (QED) is 0.386. The molecule has 0 unspecified atom stereocenters. The van der Waals surface area contributed by atoms with Crippen molar-refractivity contribution in [2.75, 3.05) is 0 Å². The summed E-state index contributed by atoms with van der Waals surface area (Å²) in [6.07, 6.45) is 2.11. The van der Waals surface area contributed by atoms with Crippen molar-refractivity contribution in [3.8, 4) is 23.1 Å². The number of para-hydroxylation sites is 3. The van der Waals surface area contributed by atoms with Crippen LogP contribution in [0.4, 0.5) is 0 Å². The summed E-state index contributed by atoms with van der Waals surface area (Å²) in [5.74, 6) is 6.49. The number of aryl methyl sites for hydroxylation is 1. The Bertz CT molecular complexity index is 1370. The molecule has 0 aliphatic heterocycles. The molecule has 0 bridgehead atoms. The van der Waals surface area contributed by atoms with Gasteiger partial charge in [0, 0.05) is 35.3 Å². The first-order valence-corrected chi connectivity index (χ1v) is 9.18. The van der Waals surface area contributed by atoms with Crippen molar-refractivity contribution in [1.29, 1.82) is 0 Å². The molecule has 0 atom stereocenters. The number of hydrogen-bond donors (Lipinski definition) is 0. The molecule has 0 fully saturated rings. The number of hydrogen-bond acceptors (Lipinski definition) is 2. The fourth-order valence-electron chi connectivity index (χ4n) is 3.46. The molecule has 3 nitrogen and oxygen atoms in total. The van der Waals surface area contributed by atoms with E-state index in [2.05, 4.69) is 47.9 Å². The number of aromatic nitrogens is 3. The van der Waals surface area contributed by atoms with Crippen molar-refractivity contribution in [2.24, 2.45) is 7.05 Å². The maximum absolute atomic E-state index is 4.94. The van der Waals surface area contributed by atoms with E-state index in [9.17, 15) is 0 Å². The lowest BCUT2D eigenvalue weighted by atomic mass is 10.1. The van der Waals surface area contributed by atoms with E-state index in [0.717, 1.165) is 38.8 Å². The summed E-state index contributed by atoms with van der Waals surface area (Å²) in [5.41, 5.74) is 6.40. The smallest absolute Gasteiger partial charge is 0.140 e. The summed E-state index contributed by atoms with van der Waals surface area (Å²) in [5, 5.41) is 1.15. The van der Waals surface area contributed by atoms with Crippen molar-refractivity contribution in [2.45, 2.75) is 0 Å².